The van der Waals surface area contributed by atoms with Crippen LogP contribution in [0, 0.1) is 6.92 Å². The molecule has 17 heavy (non-hydrogen) atoms. The predicted octanol–water partition coefficient (Wildman–Crippen LogP) is 2.02. The number of likely N-dealkylation sites (tertiary alicyclic amines) is 1. The molecule has 1 aromatic heterocycles. The summed E-state index contributed by atoms with van der Waals surface area (Å²) in [7, 11) is 1.85. The van der Waals surface area contributed by atoms with E-state index in [1.165, 1.54) is 6.42 Å². The normalized spacial score (nSPS) is 18.2. The van der Waals surface area contributed by atoms with Crippen molar-refractivity contribution in [2.75, 3.05) is 13.1 Å². The average Bonchev–Trinajstić information content (AvgIpc) is 2.69. The summed E-state index contributed by atoms with van der Waals surface area (Å²) in [6.45, 7) is 3.60. The summed E-state index contributed by atoms with van der Waals surface area (Å²) >= 11 is 6.26. The third-order valence-corrected chi connectivity index (χ3v) is 3.85. The Balaban J connectivity index is 2.11. The summed E-state index contributed by atoms with van der Waals surface area (Å²) in [5.41, 5.74) is 1.78. The van der Waals surface area contributed by atoms with E-state index in [9.17, 15) is 4.79 Å². The van der Waals surface area contributed by atoms with Gasteiger partial charge in [-0.2, -0.15) is 5.10 Å². The molecule has 1 unspecified atom stereocenters. The Morgan fingerprint density at radius 3 is 2.59 bits per heavy atom. The number of carbonyl (C=O) groups excluding carboxylic acids is 1. The van der Waals surface area contributed by atoms with Gasteiger partial charge in [-0.15, -0.1) is 11.6 Å². The lowest BCUT2D eigenvalue weighted by molar-refractivity contribution is -0.131. The molecule has 0 bridgehead atoms. The molecule has 1 aliphatic heterocycles. The van der Waals surface area contributed by atoms with Gasteiger partial charge in [0.1, 0.15) is 5.38 Å². The van der Waals surface area contributed by atoms with Gasteiger partial charge in [-0.05, 0) is 26.2 Å². The van der Waals surface area contributed by atoms with Crippen LogP contribution in [0.3, 0.4) is 0 Å². The van der Waals surface area contributed by atoms with Crippen LogP contribution >= 0.6 is 11.6 Å². The summed E-state index contributed by atoms with van der Waals surface area (Å²) < 4.78 is 1.74. The average molecular weight is 256 g/mol. The first-order valence-electron chi connectivity index (χ1n) is 6.02. The number of carbonyl (C=O) groups is 1. The molecule has 0 aliphatic carbocycles. The Morgan fingerprint density at radius 2 is 2.06 bits per heavy atom. The molecule has 0 aromatic carbocycles. The van der Waals surface area contributed by atoms with Gasteiger partial charge < -0.3 is 4.90 Å². The molecule has 1 aromatic rings. The maximum atomic E-state index is 12.2. The van der Waals surface area contributed by atoms with Crippen LogP contribution in [-0.4, -0.2) is 33.7 Å². The number of aromatic nitrogens is 2. The molecule has 94 valence electrons. The largest absolute Gasteiger partial charge is 0.341 e. The predicted molar refractivity (Wildman–Crippen MR) is 67.0 cm³/mol. The second-order valence-electron chi connectivity index (χ2n) is 4.56. The minimum atomic E-state index is -0.596. The van der Waals surface area contributed by atoms with E-state index in [2.05, 4.69) is 5.10 Å². The van der Waals surface area contributed by atoms with Gasteiger partial charge in [-0.1, -0.05) is 0 Å². The molecule has 0 saturated carbocycles. The monoisotopic (exact) mass is 255 g/mol. The minimum Gasteiger partial charge on any atom is -0.341 e. The molecule has 2 heterocycles. The third kappa shape index (κ3) is 2.46. The maximum absolute atomic E-state index is 12.2. The van der Waals surface area contributed by atoms with Crippen LogP contribution in [0.25, 0.3) is 0 Å². The molecule has 1 amide bonds. The molecule has 0 N–H and O–H groups in total. The minimum absolute atomic E-state index is 0.0162. The topological polar surface area (TPSA) is 38.1 Å². The summed E-state index contributed by atoms with van der Waals surface area (Å²) in [5.74, 6) is 0.0162. The lowest BCUT2D eigenvalue weighted by Crippen LogP contribution is -2.37. The van der Waals surface area contributed by atoms with E-state index in [0.717, 1.165) is 37.2 Å². The fourth-order valence-corrected chi connectivity index (χ4v) is 2.52. The first kappa shape index (κ1) is 12.4. The van der Waals surface area contributed by atoms with Gasteiger partial charge in [0.2, 0.25) is 5.91 Å². The van der Waals surface area contributed by atoms with E-state index in [1.54, 1.807) is 10.9 Å². The zero-order valence-electron chi connectivity index (χ0n) is 10.3. The number of alkyl halides is 1. The number of nitrogens with zero attached hydrogens (tertiary/aromatic N) is 3. The Kier molecular flexibility index (Phi) is 3.72. The molecule has 5 heteroatoms. The first-order chi connectivity index (χ1) is 8.11. The van der Waals surface area contributed by atoms with Gasteiger partial charge in [-0.25, -0.2) is 0 Å². The lowest BCUT2D eigenvalue weighted by Gasteiger charge is -2.28. The van der Waals surface area contributed by atoms with Crippen LogP contribution in [-0.2, 0) is 11.8 Å². The molecule has 1 saturated heterocycles. The van der Waals surface area contributed by atoms with Crippen molar-refractivity contribution in [3.8, 4) is 0 Å². The Labute approximate surface area is 107 Å². The van der Waals surface area contributed by atoms with E-state index in [0.29, 0.717) is 0 Å². The van der Waals surface area contributed by atoms with Crippen LogP contribution in [0.2, 0.25) is 0 Å². The highest BCUT2D eigenvalue weighted by atomic mass is 35.5. The molecule has 1 aliphatic rings. The van der Waals surface area contributed by atoms with Crippen molar-refractivity contribution >= 4 is 17.5 Å². The summed E-state index contributed by atoms with van der Waals surface area (Å²) in [6.07, 6.45) is 5.07. The summed E-state index contributed by atoms with van der Waals surface area (Å²) in [6, 6.07) is 0. The van der Waals surface area contributed by atoms with E-state index in [-0.39, 0.29) is 5.91 Å². The third-order valence-electron chi connectivity index (χ3n) is 3.43. The van der Waals surface area contributed by atoms with Crippen LogP contribution in [0.5, 0.6) is 0 Å². The molecule has 4 nitrogen and oxygen atoms in total. The van der Waals surface area contributed by atoms with Crippen molar-refractivity contribution in [3.05, 3.63) is 17.5 Å². The number of amides is 1. The molecule has 1 fully saturated rings. The second kappa shape index (κ2) is 5.08. The highest BCUT2D eigenvalue weighted by Crippen LogP contribution is 2.26. The fourth-order valence-electron chi connectivity index (χ4n) is 2.17. The van der Waals surface area contributed by atoms with Crippen LogP contribution in [0.4, 0.5) is 0 Å². The van der Waals surface area contributed by atoms with E-state index in [4.69, 9.17) is 11.6 Å². The van der Waals surface area contributed by atoms with Crippen molar-refractivity contribution in [2.24, 2.45) is 7.05 Å². The fraction of sp³-hybridized carbons (Fsp3) is 0.667. The van der Waals surface area contributed by atoms with E-state index >= 15 is 0 Å². The van der Waals surface area contributed by atoms with Crippen molar-refractivity contribution in [1.29, 1.82) is 0 Å². The van der Waals surface area contributed by atoms with Gasteiger partial charge >= 0.3 is 0 Å². The van der Waals surface area contributed by atoms with Gasteiger partial charge in [0, 0.05) is 31.4 Å². The van der Waals surface area contributed by atoms with Crippen LogP contribution in [0.1, 0.15) is 35.9 Å². The maximum Gasteiger partial charge on any atom is 0.245 e. The number of rotatable bonds is 2. The number of aryl methyl sites for hydroxylation is 1. The lowest BCUT2D eigenvalue weighted by atomic mass is 10.1. The zero-order valence-corrected chi connectivity index (χ0v) is 11.1. The molecule has 0 radical (unpaired) electrons. The highest BCUT2D eigenvalue weighted by molar-refractivity contribution is 6.30. The van der Waals surface area contributed by atoms with Gasteiger partial charge in [0.15, 0.2) is 0 Å². The van der Waals surface area contributed by atoms with Gasteiger partial charge in [-0.3, -0.25) is 9.48 Å². The molecular formula is C12H18ClN3O. The van der Waals surface area contributed by atoms with Crippen molar-refractivity contribution < 1.29 is 4.79 Å². The van der Waals surface area contributed by atoms with E-state index < -0.39 is 5.38 Å². The first-order valence-corrected chi connectivity index (χ1v) is 6.46. The highest BCUT2D eigenvalue weighted by Gasteiger charge is 2.27. The molecule has 2 rings (SSSR count). The Bertz CT molecular complexity index is 410. The second-order valence-corrected chi connectivity index (χ2v) is 4.99. The van der Waals surface area contributed by atoms with Gasteiger partial charge in [0.05, 0.1) is 6.20 Å². The number of hydrogen-bond donors (Lipinski definition) is 0. The number of halogens is 1. The van der Waals surface area contributed by atoms with Crippen molar-refractivity contribution in [2.45, 2.75) is 31.6 Å². The Hall–Kier alpha value is -1.03. The molecule has 1 atom stereocenters. The molecule has 0 spiro atoms. The SMILES string of the molecule is Cc1c(C(Cl)C(=O)N2CCCCC2)cnn1C. The van der Waals surface area contributed by atoms with Crippen molar-refractivity contribution in [1.82, 2.24) is 14.7 Å². The van der Waals surface area contributed by atoms with E-state index in [1.807, 2.05) is 18.9 Å². The van der Waals surface area contributed by atoms with Crippen LogP contribution < -0.4 is 0 Å². The Morgan fingerprint density at radius 1 is 1.41 bits per heavy atom. The quantitative estimate of drug-likeness (QED) is 0.759. The number of piperidine rings is 1. The summed E-state index contributed by atoms with van der Waals surface area (Å²) in [4.78, 5) is 14.1. The van der Waals surface area contributed by atoms with Gasteiger partial charge in [0.25, 0.3) is 0 Å². The molecular weight excluding hydrogens is 238 g/mol. The summed E-state index contributed by atoms with van der Waals surface area (Å²) in [5, 5.41) is 3.53. The zero-order chi connectivity index (χ0) is 12.4. The number of hydrogen-bond acceptors (Lipinski definition) is 2. The smallest absolute Gasteiger partial charge is 0.245 e. The van der Waals surface area contributed by atoms with Crippen LogP contribution in [0.15, 0.2) is 6.20 Å². The standard InChI is InChI=1S/C12H18ClN3O/c1-9-10(8-14-15(9)2)11(13)12(17)16-6-4-3-5-7-16/h8,11H,3-7H2,1-2H3. The van der Waals surface area contributed by atoms with Crippen molar-refractivity contribution in [3.63, 3.8) is 0 Å².